The molecule has 0 aliphatic heterocycles. The first-order valence-corrected chi connectivity index (χ1v) is 6.28. The summed E-state index contributed by atoms with van der Waals surface area (Å²) in [7, 11) is 0. The largest absolute Gasteiger partial charge is 0.351 e. The van der Waals surface area contributed by atoms with Crippen molar-refractivity contribution in [1.29, 1.82) is 0 Å². The van der Waals surface area contributed by atoms with E-state index in [1.54, 1.807) is 6.20 Å². The Hall–Kier alpha value is -0.900. The van der Waals surface area contributed by atoms with Gasteiger partial charge in [0.25, 0.3) is 0 Å². The SMILES string of the molecule is CC1(NC(=O)Cc2ccc(Br)cn2)CCC1. The van der Waals surface area contributed by atoms with Crippen LogP contribution >= 0.6 is 15.9 Å². The zero-order chi connectivity index (χ0) is 11.6. The lowest BCUT2D eigenvalue weighted by atomic mass is 9.78. The smallest absolute Gasteiger partial charge is 0.226 e. The van der Waals surface area contributed by atoms with E-state index in [2.05, 4.69) is 33.2 Å². The lowest BCUT2D eigenvalue weighted by Crippen LogP contribution is -2.51. The number of carbonyl (C=O) groups is 1. The summed E-state index contributed by atoms with van der Waals surface area (Å²) in [5, 5.41) is 3.07. The second-order valence-corrected chi connectivity index (χ2v) is 5.52. The Morgan fingerprint density at radius 3 is 2.81 bits per heavy atom. The van der Waals surface area contributed by atoms with E-state index >= 15 is 0 Å². The van der Waals surface area contributed by atoms with Gasteiger partial charge in [-0.05, 0) is 54.2 Å². The Kier molecular flexibility index (Phi) is 3.28. The van der Waals surface area contributed by atoms with Crippen molar-refractivity contribution in [3.05, 3.63) is 28.5 Å². The van der Waals surface area contributed by atoms with Gasteiger partial charge in [-0.15, -0.1) is 0 Å². The van der Waals surface area contributed by atoms with E-state index in [0.29, 0.717) is 6.42 Å². The van der Waals surface area contributed by atoms with Crippen LogP contribution in [-0.2, 0) is 11.2 Å². The van der Waals surface area contributed by atoms with Crippen molar-refractivity contribution < 1.29 is 4.79 Å². The van der Waals surface area contributed by atoms with Gasteiger partial charge in [0.2, 0.25) is 5.91 Å². The van der Waals surface area contributed by atoms with Gasteiger partial charge in [-0.3, -0.25) is 9.78 Å². The normalized spacial score (nSPS) is 17.6. The Balaban J connectivity index is 1.89. The topological polar surface area (TPSA) is 42.0 Å². The Morgan fingerprint density at radius 2 is 2.31 bits per heavy atom. The van der Waals surface area contributed by atoms with Crippen LogP contribution in [0, 0.1) is 0 Å². The van der Waals surface area contributed by atoms with E-state index in [9.17, 15) is 4.79 Å². The van der Waals surface area contributed by atoms with Crippen LogP contribution in [0.3, 0.4) is 0 Å². The Bertz CT molecular complexity index is 385. The fraction of sp³-hybridized carbons (Fsp3) is 0.500. The lowest BCUT2D eigenvalue weighted by Gasteiger charge is -2.39. The molecule has 0 radical (unpaired) electrons. The van der Waals surface area contributed by atoms with E-state index in [0.717, 1.165) is 23.0 Å². The number of hydrogen-bond acceptors (Lipinski definition) is 2. The molecule has 0 atom stereocenters. The number of pyridine rings is 1. The van der Waals surface area contributed by atoms with Gasteiger partial charge in [0.1, 0.15) is 0 Å². The molecule has 0 spiro atoms. The van der Waals surface area contributed by atoms with Crippen molar-refractivity contribution in [2.75, 3.05) is 0 Å². The van der Waals surface area contributed by atoms with Crippen LogP contribution in [0.1, 0.15) is 31.9 Å². The van der Waals surface area contributed by atoms with E-state index in [1.807, 2.05) is 12.1 Å². The highest BCUT2D eigenvalue weighted by Crippen LogP contribution is 2.30. The van der Waals surface area contributed by atoms with E-state index in [-0.39, 0.29) is 11.4 Å². The molecule has 1 N–H and O–H groups in total. The monoisotopic (exact) mass is 282 g/mol. The molecule has 1 saturated carbocycles. The standard InChI is InChI=1S/C12H15BrN2O/c1-12(5-2-6-12)15-11(16)7-10-4-3-9(13)8-14-10/h3-4,8H,2,5-7H2,1H3,(H,15,16). The third-order valence-electron chi connectivity index (χ3n) is 3.03. The van der Waals surface area contributed by atoms with Crippen molar-refractivity contribution in [1.82, 2.24) is 10.3 Å². The molecule has 3 nitrogen and oxygen atoms in total. The number of rotatable bonds is 3. The second kappa shape index (κ2) is 4.53. The molecule has 16 heavy (non-hydrogen) atoms. The summed E-state index contributed by atoms with van der Waals surface area (Å²) in [6, 6.07) is 3.77. The first-order chi connectivity index (χ1) is 7.57. The van der Waals surface area contributed by atoms with Crippen LogP contribution < -0.4 is 5.32 Å². The molecule has 86 valence electrons. The second-order valence-electron chi connectivity index (χ2n) is 4.61. The molecule has 1 aromatic heterocycles. The minimum atomic E-state index is 0.0342. The summed E-state index contributed by atoms with van der Waals surface area (Å²) in [6.45, 7) is 2.10. The highest BCUT2D eigenvalue weighted by molar-refractivity contribution is 9.10. The maximum absolute atomic E-state index is 11.7. The molecule has 0 aromatic carbocycles. The van der Waals surface area contributed by atoms with E-state index in [4.69, 9.17) is 0 Å². The van der Waals surface area contributed by atoms with Crippen LogP contribution in [0.15, 0.2) is 22.8 Å². The van der Waals surface area contributed by atoms with Crippen LogP contribution in [-0.4, -0.2) is 16.4 Å². The molecule has 1 heterocycles. The maximum atomic E-state index is 11.7. The van der Waals surface area contributed by atoms with Gasteiger partial charge < -0.3 is 5.32 Å². The third-order valence-corrected chi connectivity index (χ3v) is 3.50. The molecule has 2 rings (SSSR count). The van der Waals surface area contributed by atoms with Gasteiger partial charge in [0, 0.05) is 21.9 Å². The van der Waals surface area contributed by atoms with Gasteiger partial charge in [-0.1, -0.05) is 0 Å². The third kappa shape index (κ3) is 2.82. The number of aromatic nitrogens is 1. The fourth-order valence-corrected chi connectivity index (χ4v) is 2.12. The van der Waals surface area contributed by atoms with Crippen molar-refractivity contribution in [2.24, 2.45) is 0 Å². The lowest BCUT2D eigenvalue weighted by molar-refractivity contribution is -0.123. The van der Waals surface area contributed by atoms with Crippen LogP contribution in [0.5, 0.6) is 0 Å². The van der Waals surface area contributed by atoms with Crippen LogP contribution in [0.25, 0.3) is 0 Å². The highest BCUT2D eigenvalue weighted by Gasteiger charge is 2.32. The van der Waals surface area contributed by atoms with Crippen molar-refractivity contribution in [2.45, 2.75) is 38.1 Å². The van der Waals surface area contributed by atoms with Crippen LogP contribution in [0.2, 0.25) is 0 Å². The van der Waals surface area contributed by atoms with Gasteiger partial charge in [0.15, 0.2) is 0 Å². The average molecular weight is 283 g/mol. The molecule has 0 unspecified atom stereocenters. The molecule has 1 amide bonds. The number of carbonyl (C=O) groups excluding carboxylic acids is 1. The molecule has 0 bridgehead atoms. The number of nitrogens with zero attached hydrogens (tertiary/aromatic N) is 1. The van der Waals surface area contributed by atoms with Crippen molar-refractivity contribution in [3.8, 4) is 0 Å². The molecule has 1 aliphatic rings. The van der Waals surface area contributed by atoms with Crippen molar-refractivity contribution in [3.63, 3.8) is 0 Å². The molecule has 4 heteroatoms. The van der Waals surface area contributed by atoms with Gasteiger partial charge in [-0.25, -0.2) is 0 Å². The number of nitrogens with one attached hydrogen (secondary N) is 1. The predicted octanol–water partition coefficient (Wildman–Crippen LogP) is 2.45. The fourth-order valence-electron chi connectivity index (χ4n) is 1.89. The first kappa shape index (κ1) is 11.6. The summed E-state index contributed by atoms with van der Waals surface area (Å²) in [5.74, 6) is 0.0667. The number of amides is 1. The Labute approximate surface area is 104 Å². The van der Waals surface area contributed by atoms with Gasteiger partial charge in [0.05, 0.1) is 6.42 Å². The molecular weight excluding hydrogens is 268 g/mol. The van der Waals surface area contributed by atoms with E-state index in [1.165, 1.54) is 6.42 Å². The molecule has 1 aromatic rings. The van der Waals surface area contributed by atoms with Crippen LogP contribution in [0.4, 0.5) is 0 Å². The summed E-state index contributed by atoms with van der Waals surface area (Å²) in [5.41, 5.74) is 0.843. The average Bonchev–Trinajstić information content (AvgIpc) is 2.19. The summed E-state index contributed by atoms with van der Waals surface area (Å²) in [6.07, 6.45) is 5.48. The first-order valence-electron chi connectivity index (χ1n) is 5.49. The zero-order valence-corrected chi connectivity index (χ0v) is 10.9. The zero-order valence-electron chi connectivity index (χ0n) is 9.29. The maximum Gasteiger partial charge on any atom is 0.226 e. The van der Waals surface area contributed by atoms with Crippen molar-refractivity contribution >= 4 is 21.8 Å². The van der Waals surface area contributed by atoms with Gasteiger partial charge in [-0.2, -0.15) is 0 Å². The molecule has 1 fully saturated rings. The summed E-state index contributed by atoms with van der Waals surface area (Å²) >= 11 is 3.32. The predicted molar refractivity (Wildman–Crippen MR) is 66.0 cm³/mol. The number of hydrogen-bond donors (Lipinski definition) is 1. The molecule has 0 saturated heterocycles. The minimum absolute atomic E-state index is 0.0342. The summed E-state index contributed by atoms with van der Waals surface area (Å²) < 4.78 is 0.933. The molecular formula is C12H15BrN2O. The highest BCUT2D eigenvalue weighted by atomic mass is 79.9. The summed E-state index contributed by atoms with van der Waals surface area (Å²) in [4.78, 5) is 15.9. The van der Waals surface area contributed by atoms with Gasteiger partial charge >= 0.3 is 0 Å². The molecule has 1 aliphatic carbocycles. The number of halogens is 1. The van der Waals surface area contributed by atoms with E-state index < -0.39 is 0 Å². The quantitative estimate of drug-likeness (QED) is 0.925. The minimum Gasteiger partial charge on any atom is -0.351 e. The Morgan fingerprint density at radius 1 is 1.56 bits per heavy atom.